The van der Waals surface area contributed by atoms with Crippen LogP contribution in [0.1, 0.15) is 35.3 Å². The first-order valence-corrected chi connectivity index (χ1v) is 11.0. The van der Waals surface area contributed by atoms with Crippen molar-refractivity contribution in [3.05, 3.63) is 95.6 Å². The average Bonchev–Trinajstić information content (AvgIpc) is 2.87. The van der Waals surface area contributed by atoms with E-state index in [1.54, 1.807) is 18.7 Å². The topological polar surface area (TPSA) is 55.7 Å². The van der Waals surface area contributed by atoms with Crippen LogP contribution < -0.4 is 0 Å². The molecule has 0 atom stereocenters. The van der Waals surface area contributed by atoms with Gasteiger partial charge in [0.05, 0.1) is 0 Å². The summed E-state index contributed by atoms with van der Waals surface area (Å²) in [5, 5.41) is 3.83. The summed E-state index contributed by atoms with van der Waals surface area (Å²) in [5.41, 5.74) is 2.28. The maximum Gasteiger partial charge on any atom is 0.332 e. The number of hydrogen-bond acceptors (Lipinski definition) is 5. The highest BCUT2D eigenvalue weighted by Gasteiger charge is 2.09. The van der Waals surface area contributed by atoms with Gasteiger partial charge in [-0.05, 0) is 72.9 Å². The molecule has 0 aliphatic rings. The number of nitrogens with zero attached hydrogens (tertiary/aromatic N) is 1. The van der Waals surface area contributed by atoms with Gasteiger partial charge < -0.3 is 4.84 Å². The standard InChI is InChI=1S/C29H19NO3S/c1-3-4-5-6-10-13-28(30-33-22(2)31)23-14-18-26(19-15-23)34-27-20-16-25(17-21-27)29(32)24-11-8-7-9-12-24/h7-9,11-12,14-21H,1-2H3. The van der Waals surface area contributed by atoms with Crippen LogP contribution in [0.3, 0.4) is 0 Å². The molecule has 3 rings (SSSR count). The minimum Gasteiger partial charge on any atom is -0.317 e. The molecule has 0 heterocycles. The highest BCUT2D eigenvalue weighted by atomic mass is 32.2. The Balaban J connectivity index is 1.73. The molecule has 0 amide bonds. The molecule has 3 aromatic rings. The van der Waals surface area contributed by atoms with Gasteiger partial charge in [0.1, 0.15) is 0 Å². The van der Waals surface area contributed by atoms with Gasteiger partial charge in [-0.2, -0.15) is 0 Å². The summed E-state index contributed by atoms with van der Waals surface area (Å²) < 4.78 is 0. The number of benzene rings is 3. The Morgan fingerprint density at radius 3 is 1.88 bits per heavy atom. The molecule has 0 aliphatic heterocycles. The molecule has 0 aromatic heterocycles. The van der Waals surface area contributed by atoms with Crippen LogP contribution in [0.15, 0.2) is 93.8 Å². The van der Waals surface area contributed by atoms with Gasteiger partial charge in [0.2, 0.25) is 0 Å². The molecular formula is C29H19NO3S. The Morgan fingerprint density at radius 1 is 0.735 bits per heavy atom. The summed E-state index contributed by atoms with van der Waals surface area (Å²) in [5.74, 6) is 15.4. The van der Waals surface area contributed by atoms with E-state index in [0.29, 0.717) is 16.7 Å². The van der Waals surface area contributed by atoms with E-state index in [-0.39, 0.29) is 11.5 Å². The molecule has 0 N–H and O–H groups in total. The molecule has 0 radical (unpaired) electrons. The van der Waals surface area contributed by atoms with Crippen molar-refractivity contribution in [3.63, 3.8) is 0 Å². The van der Waals surface area contributed by atoms with E-state index in [1.165, 1.54) is 6.92 Å². The van der Waals surface area contributed by atoms with E-state index in [0.717, 1.165) is 9.79 Å². The van der Waals surface area contributed by atoms with Crippen LogP contribution in [0, 0.1) is 35.5 Å². The number of oxime groups is 1. The molecule has 0 saturated carbocycles. The number of ketones is 1. The van der Waals surface area contributed by atoms with E-state index in [1.807, 2.05) is 78.9 Å². The van der Waals surface area contributed by atoms with Gasteiger partial charge >= 0.3 is 5.97 Å². The Morgan fingerprint density at radius 2 is 1.29 bits per heavy atom. The van der Waals surface area contributed by atoms with Gasteiger partial charge in [0.25, 0.3) is 0 Å². The summed E-state index contributed by atoms with van der Waals surface area (Å²) >= 11 is 1.56. The zero-order valence-corrected chi connectivity index (χ0v) is 19.4. The fraction of sp³-hybridized carbons (Fsp3) is 0.0690. The maximum atomic E-state index is 12.6. The summed E-state index contributed by atoms with van der Waals surface area (Å²) in [4.78, 5) is 30.5. The lowest BCUT2D eigenvalue weighted by atomic mass is 10.0. The maximum absolute atomic E-state index is 12.6. The van der Waals surface area contributed by atoms with E-state index >= 15 is 0 Å². The summed E-state index contributed by atoms with van der Waals surface area (Å²) in [6.07, 6.45) is 0. The van der Waals surface area contributed by atoms with Crippen LogP contribution in [-0.4, -0.2) is 17.5 Å². The summed E-state index contributed by atoms with van der Waals surface area (Å²) in [6, 6.07) is 24.2. The molecule has 0 unspecified atom stereocenters. The first-order chi connectivity index (χ1) is 16.6. The molecule has 0 aliphatic carbocycles. The number of carbonyl (C=O) groups is 2. The predicted molar refractivity (Wildman–Crippen MR) is 134 cm³/mol. The first kappa shape index (κ1) is 24.1. The van der Waals surface area contributed by atoms with E-state index in [2.05, 4.69) is 40.7 Å². The smallest absolute Gasteiger partial charge is 0.317 e. The summed E-state index contributed by atoms with van der Waals surface area (Å²) in [6.45, 7) is 2.96. The van der Waals surface area contributed by atoms with Gasteiger partial charge in [0.15, 0.2) is 11.5 Å². The fourth-order valence-corrected chi connectivity index (χ4v) is 3.54. The Kier molecular flexibility index (Phi) is 8.89. The number of carbonyl (C=O) groups excluding carboxylic acids is 2. The Labute approximate surface area is 203 Å². The van der Waals surface area contributed by atoms with Crippen molar-refractivity contribution in [2.75, 3.05) is 0 Å². The second-order valence-corrected chi connectivity index (χ2v) is 7.89. The fourth-order valence-electron chi connectivity index (χ4n) is 2.72. The van der Waals surface area contributed by atoms with Crippen molar-refractivity contribution in [1.29, 1.82) is 0 Å². The Bertz CT molecular complexity index is 1390. The lowest BCUT2D eigenvalue weighted by molar-refractivity contribution is -0.140. The third-order valence-electron chi connectivity index (χ3n) is 4.27. The van der Waals surface area contributed by atoms with Crippen LogP contribution in [-0.2, 0) is 9.63 Å². The molecule has 164 valence electrons. The highest BCUT2D eigenvalue weighted by molar-refractivity contribution is 7.99. The lowest BCUT2D eigenvalue weighted by Crippen LogP contribution is -2.01. The van der Waals surface area contributed by atoms with Gasteiger partial charge in [-0.15, -0.1) is 0 Å². The second-order valence-electron chi connectivity index (χ2n) is 6.74. The highest BCUT2D eigenvalue weighted by Crippen LogP contribution is 2.28. The minimum atomic E-state index is -0.538. The van der Waals surface area contributed by atoms with Gasteiger partial charge in [-0.25, -0.2) is 4.79 Å². The van der Waals surface area contributed by atoms with Crippen LogP contribution >= 0.6 is 11.8 Å². The molecule has 34 heavy (non-hydrogen) atoms. The van der Waals surface area contributed by atoms with Crippen molar-refractivity contribution in [2.24, 2.45) is 5.16 Å². The third kappa shape index (κ3) is 7.28. The molecule has 0 bridgehead atoms. The minimum absolute atomic E-state index is 0.00589. The molecule has 0 spiro atoms. The van der Waals surface area contributed by atoms with Crippen molar-refractivity contribution >= 4 is 29.2 Å². The predicted octanol–water partition coefficient (Wildman–Crippen LogP) is 5.37. The zero-order chi connectivity index (χ0) is 24.2. The molecule has 4 nitrogen and oxygen atoms in total. The van der Waals surface area contributed by atoms with Gasteiger partial charge in [0, 0.05) is 33.4 Å². The van der Waals surface area contributed by atoms with Crippen LogP contribution in [0.5, 0.6) is 0 Å². The van der Waals surface area contributed by atoms with E-state index in [9.17, 15) is 9.59 Å². The monoisotopic (exact) mass is 461 g/mol. The van der Waals surface area contributed by atoms with Gasteiger partial charge in [-0.3, -0.25) is 4.79 Å². The van der Waals surface area contributed by atoms with Crippen LogP contribution in [0.2, 0.25) is 0 Å². The van der Waals surface area contributed by atoms with Crippen molar-refractivity contribution < 1.29 is 14.4 Å². The quantitative estimate of drug-likeness (QED) is 0.163. The normalized spacial score (nSPS) is 9.88. The summed E-state index contributed by atoms with van der Waals surface area (Å²) in [7, 11) is 0. The largest absolute Gasteiger partial charge is 0.332 e. The van der Waals surface area contributed by atoms with Gasteiger partial charge in [-0.1, -0.05) is 65.3 Å². The van der Waals surface area contributed by atoms with Crippen molar-refractivity contribution in [3.8, 4) is 35.5 Å². The first-order valence-electron chi connectivity index (χ1n) is 10.2. The Hall–Kier alpha value is -4.50. The lowest BCUT2D eigenvalue weighted by Gasteiger charge is -2.05. The third-order valence-corrected chi connectivity index (χ3v) is 5.29. The molecule has 3 aromatic carbocycles. The molecular weight excluding hydrogens is 442 g/mol. The molecule has 0 fully saturated rings. The second kappa shape index (κ2) is 12.5. The number of rotatable bonds is 6. The van der Waals surface area contributed by atoms with Crippen LogP contribution in [0.25, 0.3) is 0 Å². The molecule has 5 heteroatoms. The van der Waals surface area contributed by atoms with E-state index in [4.69, 9.17) is 4.84 Å². The molecule has 0 saturated heterocycles. The average molecular weight is 462 g/mol. The van der Waals surface area contributed by atoms with E-state index < -0.39 is 5.97 Å². The number of hydrogen-bond donors (Lipinski definition) is 0. The van der Waals surface area contributed by atoms with Crippen molar-refractivity contribution in [2.45, 2.75) is 23.6 Å². The van der Waals surface area contributed by atoms with Crippen molar-refractivity contribution in [1.82, 2.24) is 0 Å². The van der Waals surface area contributed by atoms with Crippen LogP contribution in [0.4, 0.5) is 0 Å². The SMILES string of the molecule is CC#CC#CC#CC(=NOC(C)=O)c1ccc(Sc2ccc(C(=O)c3ccccc3)cc2)cc1. The zero-order valence-electron chi connectivity index (χ0n) is 18.6.